The summed E-state index contributed by atoms with van der Waals surface area (Å²) < 4.78 is 40.1. The lowest BCUT2D eigenvalue weighted by Gasteiger charge is -2.37. The first-order valence-corrected chi connectivity index (χ1v) is 15.5. The molecule has 1 aromatic carbocycles. The fourth-order valence-corrected chi connectivity index (χ4v) is 8.31. The van der Waals surface area contributed by atoms with E-state index in [1.807, 2.05) is 9.80 Å². The Labute approximate surface area is 233 Å². The fourth-order valence-electron chi connectivity index (χ4n) is 5.23. The van der Waals surface area contributed by atoms with Gasteiger partial charge in [0.15, 0.2) is 9.84 Å². The molecule has 6 rings (SSSR count). The van der Waals surface area contributed by atoms with E-state index in [1.165, 1.54) is 21.4 Å². The molecule has 3 fully saturated rings. The van der Waals surface area contributed by atoms with Crippen molar-refractivity contribution in [1.82, 2.24) is 14.3 Å². The number of nitrogens with zero attached hydrogens (tertiary/aromatic N) is 5. The van der Waals surface area contributed by atoms with Crippen LogP contribution >= 0.6 is 24.0 Å². The number of carbonyl (C=O) groups is 1. The molecule has 1 amide bonds. The topological polar surface area (TPSA) is 95.3 Å². The van der Waals surface area contributed by atoms with Crippen LogP contribution in [0.2, 0.25) is 0 Å². The van der Waals surface area contributed by atoms with E-state index in [1.54, 1.807) is 42.6 Å². The van der Waals surface area contributed by atoms with Crippen LogP contribution in [-0.4, -0.2) is 76.7 Å². The lowest BCUT2D eigenvalue weighted by Crippen LogP contribution is -2.47. The molecule has 1 atom stereocenters. The predicted molar refractivity (Wildman–Crippen MR) is 154 cm³/mol. The number of hydrogen-bond donors (Lipinski definition) is 0. The number of hydrogen-bond acceptors (Lipinski definition) is 9. The maximum Gasteiger partial charge on any atom is 0.267 e. The molecule has 13 heteroatoms. The van der Waals surface area contributed by atoms with Gasteiger partial charge in [-0.3, -0.25) is 18.9 Å². The van der Waals surface area contributed by atoms with E-state index in [-0.39, 0.29) is 37.7 Å². The van der Waals surface area contributed by atoms with Crippen molar-refractivity contribution in [3.63, 3.8) is 0 Å². The third-order valence-corrected chi connectivity index (χ3v) is 10.3. The van der Waals surface area contributed by atoms with Crippen LogP contribution in [0.15, 0.2) is 58.4 Å². The second kappa shape index (κ2) is 10.0. The van der Waals surface area contributed by atoms with E-state index in [9.17, 15) is 22.4 Å². The number of fused-ring (bicyclic) bond motifs is 1. The van der Waals surface area contributed by atoms with Gasteiger partial charge in [-0.25, -0.2) is 17.8 Å². The molecule has 0 N–H and O–H groups in total. The normalized spacial score (nSPS) is 22.4. The van der Waals surface area contributed by atoms with Gasteiger partial charge in [-0.1, -0.05) is 42.2 Å². The van der Waals surface area contributed by atoms with Crippen molar-refractivity contribution < 1.29 is 17.6 Å². The zero-order valence-corrected chi connectivity index (χ0v) is 23.1. The van der Waals surface area contributed by atoms with Crippen LogP contribution in [0.3, 0.4) is 0 Å². The highest BCUT2D eigenvalue weighted by atomic mass is 32.2. The zero-order valence-electron chi connectivity index (χ0n) is 20.7. The standard InChI is InChI=1S/C26H24FN5O4S3/c27-19-5-1-2-6-20(19)29-10-12-30(13-11-29)23-18(24(33)31-9-4-3-7-22(31)28-23)15-21-25(34)32(26(37)38-21)17-8-14-39(35,36)16-17/h1-7,9,15,17H,8,10-14,16H2/b21-15+. The van der Waals surface area contributed by atoms with Crippen molar-refractivity contribution in [2.75, 3.05) is 47.5 Å². The van der Waals surface area contributed by atoms with Gasteiger partial charge in [-0.05, 0) is 36.8 Å². The number of aromatic nitrogens is 2. The average molecular weight is 586 g/mol. The quantitative estimate of drug-likeness (QED) is 0.338. The number of pyridine rings is 1. The number of sulfone groups is 1. The number of piperazine rings is 1. The molecule has 9 nitrogen and oxygen atoms in total. The van der Waals surface area contributed by atoms with Crippen molar-refractivity contribution >= 4 is 67.3 Å². The number of amides is 1. The lowest BCUT2D eigenvalue weighted by molar-refractivity contribution is -0.123. The van der Waals surface area contributed by atoms with E-state index in [4.69, 9.17) is 17.2 Å². The molecular formula is C26H24FN5O4S3. The van der Waals surface area contributed by atoms with Crippen molar-refractivity contribution in [1.29, 1.82) is 0 Å². The van der Waals surface area contributed by atoms with E-state index >= 15 is 0 Å². The van der Waals surface area contributed by atoms with Crippen LogP contribution in [0.25, 0.3) is 11.7 Å². The number of halogens is 1. The monoisotopic (exact) mass is 585 g/mol. The summed E-state index contributed by atoms with van der Waals surface area (Å²) in [5.74, 6) is -0.351. The van der Waals surface area contributed by atoms with E-state index in [0.717, 1.165) is 11.8 Å². The maximum atomic E-state index is 14.4. The molecule has 0 spiro atoms. The summed E-state index contributed by atoms with van der Waals surface area (Å²) >= 11 is 6.51. The van der Waals surface area contributed by atoms with Gasteiger partial charge in [-0.2, -0.15) is 0 Å². The number of para-hydroxylation sites is 1. The summed E-state index contributed by atoms with van der Waals surface area (Å²) in [6, 6.07) is 11.4. The summed E-state index contributed by atoms with van der Waals surface area (Å²) in [6.07, 6.45) is 3.48. The number of benzene rings is 1. The van der Waals surface area contributed by atoms with Crippen LogP contribution in [-0.2, 0) is 14.6 Å². The highest BCUT2D eigenvalue weighted by Crippen LogP contribution is 2.37. The van der Waals surface area contributed by atoms with Crippen LogP contribution in [0, 0.1) is 5.82 Å². The first kappa shape index (κ1) is 26.0. The Balaban J connectivity index is 1.35. The molecule has 3 aliphatic rings. The smallest absolute Gasteiger partial charge is 0.267 e. The van der Waals surface area contributed by atoms with Crippen molar-refractivity contribution in [3.8, 4) is 0 Å². The molecule has 2 aromatic heterocycles. The molecule has 202 valence electrons. The average Bonchev–Trinajstić information content (AvgIpc) is 3.42. The molecule has 0 radical (unpaired) electrons. The predicted octanol–water partition coefficient (Wildman–Crippen LogP) is 2.55. The molecule has 0 aliphatic carbocycles. The second-order valence-electron chi connectivity index (χ2n) is 9.62. The Kier molecular flexibility index (Phi) is 6.68. The third-order valence-electron chi connectivity index (χ3n) is 7.19. The minimum absolute atomic E-state index is 0.0206. The minimum atomic E-state index is -3.22. The number of anilines is 2. The van der Waals surface area contributed by atoms with Crippen molar-refractivity contribution in [3.05, 3.63) is 75.3 Å². The molecule has 3 aromatic rings. The molecule has 1 unspecified atom stereocenters. The summed E-state index contributed by atoms with van der Waals surface area (Å²) in [5, 5.41) is 0. The largest absolute Gasteiger partial charge is 0.366 e. The third kappa shape index (κ3) is 4.83. The molecular weight excluding hydrogens is 562 g/mol. The van der Waals surface area contributed by atoms with Gasteiger partial charge in [0.1, 0.15) is 21.6 Å². The van der Waals surface area contributed by atoms with Crippen LogP contribution in [0.1, 0.15) is 12.0 Å². The van der Waals surface area contributed by atoms with E-state index in [0.29, 0.717) is 49.8 Å². The van der Waals surface area contributed by atoms with Gasteiger partial charge in [0, 0.05) is 32.4 Å². The summed E-state index contributed by atoms with van der Waals surface area (Å²) in [5.41, 5.74) is 0.912. The second-order valence-corrected chi connectivity index (χ2v) is 13.5. The van der Waals surface area contributed by atoms with Gasteiger partial charge >= 0.3 is 0 Å². The maximum absolute atomic E-state index is 14.4. The van der Waals surface area contributed by atoms with E-state index < -0.39 is 21.8 Å². The lowest BCUT2D eigenvalue weighted by atomic mass is 10.2. The van der Waals surface area contributed by atoms with E-state index in [2.05, 4.69) is 0 Å². The Morgan fingerprint density at radius 1 is 1.03 bits per heavy atom. The van der Waals surface area contributed by atoms with Gasteiger partial charge in [-0.15, -0.1) is 0 Å². The van der Waals surface area contributed by atoms with Crippen LogP contribution in [0.5, 0.6) is 0 Å². The van der Waals surface area contributed by atoms with Gasteiger partial charge in [0.05, 0.1) is 33.7 Å². The highest BCUT2D eigenvalue weighted by Gasteiger charge is 2.42. The molecule has 5 heterocycles. The number of carbonyl (C=O) groups excluding carboxylic acids is 1. The Morgan fingerprint density at radius 2 is 1.74 bits per heavy atom. The molecule has 0 saturated carbocycles. The first-order chi connectivity index (χ1) is 18.7. The number of thioether (sulfide) groups is 1. The van der Waals surface area contributed by atoms with Gasteiger partial charge in [0.25, 0.3) is 11.5 Å². The summed E-state index contributed by atoms with van der Waals surface area (Å²) in [7, 11) is -3.22. The Morgan fingerprint density at radius 3 is 2.46 bits per heavy atom. The van der Waals surface area contributed by atoms with Crippen LogP contribution in [0.4, 0.5) is 15.9 Å². The fraction of sp³-hybridized carbons (Fsp3) is 0.308. The first-order valence-electron chi connectivity index (χ1n) is 12.5. The summed E-state index contributed by atoms with van der Waals surface area (Å²) in [6.45, 7) is 2.03. The SMILES string of the molecule is O=C1/C(=C\c2c(N3CCN(c4ccccc4F)CC3)nc3ccccn3c2=O)SC(=S)N1C1CCS(=O)(=O)C1. The van der Waals surface area contributed by atoms with Gasteiger partial charge < -0.3 is 9.80 Å². The number of thiocarbonyl (C=S) groups is 1. The van der Waals surface area contributed by atoms with Gasteiger partial charge in [0.2, 0.25) is 0 Å². The molecule has 3 saturated heterocycles. The minimum Gasteiger partial charge on any atom is -0.366 e. The van der Waals surface area contributed by atoms with Crippen molar-refractivity contribution in [2.45, 2.75) is 12.5 Å². The molecule has 0 bridgehead atoms. The zero-order chi connectivity index (χ0) is 27.3. The highest BCUT2D eigenvalue weighted by molar-refractivity contribution is 8.26. The molecule has 3 aliphatic heterocycles. The summed E-state index contributed by atoms with van der Waals surface area (Å²) in [4.78, 5) is 37.4. The Bertz CT molecular complexity index is 1700. The molecule has 39 heavy (non-hydrogen) atoms. The van der Waals surface area contributed by atoms with Crippen LogP contribution < -0.4 is 15.4 Å². The Hall–Kier alpha value is -3.29. The van der Waals surface area contributed by atoms with Crippen molar-refractivity contribution in [2.24, 2.45) is 0 Å². The number of rotatable bonds is 4.